The van der Waals surface area contributed by atoms with E-state index < -0.39 is 5.91 Å². The molecular formula is C18H23N3O2. The number of anilines is 1. The first kappa shape index (κ1) is 16.8. The van der Waals surface area contributed by atoms with Crippen molar-refractivity contribution in [2.45, 2.75) is 26.2 Å². The molecule has 3 N–H and O–H groups in total. The molecule has 1 aromatic carbocycles. The number of carbonyl (C=O) groups is 1. The summed E-state index contributed by atoms with van der Waals surface area (Å²) in [5.41, 5.74) is 7.68. The van der Waals surface area contributed by atoms with E-state index in [0.717, 1.165) is 5.75 Å². The molecule has 0 radical (unpaired) electrons. The molecule has 23 heavy (non-hydrogen) atoms. The zero-order valence-electron chi connectivity index (χ0n) is 13.8. The first-order valence-electron chi connectivity index (χ1n) is 7.59. The Hall–Kier alpha value is -2.56. The summed E-state index contributed by atoms with van der Waals surface area (Å²) in [6.45, 7) is 7.55. The van der Waals surface area contributed by atoms with Crippen LogP contribution in [0.15, 0.2) is 42.7 Å². The molecule has 1 heterocycles. The summed E-state index contributed by atoms with van der Waals surface area (Å²) in [6, 6.07) is 9.82. The number of rotatable bonds is 6. The summed E-state index contributed by atoms with van der Waals surface area (Å²) in [6.07, 6.45) is 3.07. The highest BCUT2D eigenvalue weighted by Gasteiger charge is 2.13. The molecular weight excluding hydrogens is 290 g/mol. The summed E-state index contributed by atoms with van der Waals surface area (Å²) < 4.78 is 5.77. The van der Waals surface area contributed by atoms with E-state index in [1.807, 2.05) is 12.1 Å². The average molecular weight is 313 g/mol. The second kappa shape index (κ2) is 7.13. The van der Waals surface area contributed by atoms with Gasteiger partial charge >= 0.3 is 0 Å². The number of hydrogen-bond acceptors (Lipinski definition) is 4. The van der Waals surface area contributed by atoms with Gasteiger partial charge in [-0.2, -0.15) is 0 Å². The summed E-state index contributed by atoms with van der Waals surface area (Å²) >= 11 is 0. The van der Waals surface area contributed by atoms with Crippen LogP contribution in [-0.4, -0.2) is 24.0 Å². The normalized spacial score (nSPS) is 11.1. The van der Waals surface area contributed by atoms with Crippen molar-refractivity contribution in [2.24, 2.45) is 5.73 Å². The van der Waals surface area contributed by atoms with Gasteiger partial charge in [-0.25, -0.2) is 0 Å². The molecule has 1 aromatic heterocycles. The van der Waals surface area contributed by atoms with E-state index >= 15 is 0 Å². The lowest BCUT2D eigenvalue weighted by atomic mass is 9.87. The van der Waals surface area contributed by atoms with Crippen LogP contribution in [0.2, 0.25) is 0 Å². The van der Waals surface area contributed by atoms with Gasteiger partial charge in [0.25, 0.3) is 5.91 Å². The van der Waals surface area contributed by atoms with Crippen LogP contribution < -0.4 is 15.8 Å². The van der Waals surface area contributed by atoms with Crippen LogP contribution in [0.1, 0.15) is 36.7 Å². The van der Waals surface area contributed by atoms with Gasteiger partial charge in [0, 0.05) is 18.9 Å². The van der Waals surface area contributed by atoms with Crippen LogP contribution in [0.25, 0.3) is 0 Å². The molecule has 0 aliphatic heterocycles. The topological polar surface area (TPSA) is 77.2 Å². The maximum absolute atomic E-state index is 11.3. The number of aromatic nitrogens is 1. The van der Waals surface area contributed by atoms with E-state index in [1.165, 1.54) is 11.8 Å². The van der Waals surface area contributed by atoms with Gasteiger partial charge in [-0.1, -0.05) is 32.9 Å². The van der Waals surface area contributed by atoms with E-state index in [9.17, 15) is 4.79 Å². The van der Waals surface area contributed by atoms with Gasteiger partial charge in [0.1, 0.15) is 12.4 Å². The number of nitrogens with one attached hydrogen (secondary N) is 1. The van der Waals surface area contributed by atoms with Gasteiger partial charge in [-0.15, -0.1) is 0 Å². The summed E-state index contributed by atoms with van der Waals surface area (Å²) in [5.74, 6) is 0.337. The van der Waals surface area contributed by atoms with Crippen molar-refractivity contribution in [3.63, 3.8) is 0 Å². The Morgan fingerprint density at radius 3 is 2.78 bits per heavy atom. The zero-order valence-corrected chi connectivity index (χ0v) is 13.8. The Morgan fingerprint density at radius 2 is 2.09 bits per heavy atom. The maximum atomic E-state index is 11.3. The molecule has 2 aromatic rings. The van der Waals surface area contributed by atoms with Crippen LogP contribution in [0.5, 0.6) is 5.75 Å². The lowest BCUT2D eigenvalue weighted by Gasteiger charge is -2.19. The molecule has 5 nitrogen and oxygen atoms in total. The quantitative estimate of drug-likeness (QED) is 0.804. The number of nitrogens with zero attached hydrogens (tertiary/aromatic N) is 1. The summed E-state index contributed by atoms with van der Waals surface area (Å²) in [7, 11) is 0. The molecule has 0 fully saturated rings. The third-order valence-corrected chi connectivity index (χ3v) is 3.47. The average Bonchev–Trinajstić information content (AvgIpc) is 2.51. The van der Waals surface area contributed by atoms with Gasteiger partial charge in [0.05, 0.1) is 11.3 Å². The van der Waals surface area contributed by atoms with Crippen molar-refractivity contribution < 1.29 is 9.53 Å². The van der Waals surface area contributed by atoms with Crippen molar-refractivity contribution in [2.75, 3.05) is 18.5 Å². The van der Waals surface area contributed by atoms with Crippen LogP contribution in [0, 0.1) is 0 Å². The van der Waals surface area contributed by atoms with Gasteiger partial charge in [0.15, 0.2) is 0 Å². The Kier molecular flexibility index (Phi) is 5.21. The molecule has 0 aliphatic carbocycles. The van der Waals surface area contributed by atoms with Crippen molar-refractivity contribution in [1.82, 2.24) is 4.98 Å². The van der Waals surface area contributed by atoms with E-state index in [4.69, 9.17) is 10.5 Å². The molecule has 5 heteroatoms. The van der Waals surface area contributed by atoms with Crippen molar-refractivity contribution in [3.05, 3.63) is 53.9 Å². The Morgan fingerprint density at radius 1 is 1.30 bits per heavy atom. The largest absolute Gasteiger partial charge is 0.492 e. The van der Waals surface area contributed by atoms with E-state index in [1.54, 1.807) is 12.3 Å². The molecule has 1 amide bonds. The van der Waals surface area contributed by atoms with Crippen molar-refractivity contribution in [1.29, 1.82) is 0 Å². The molecule has 0 unspecified atom stereocenters. The third-order valence-electron chi connectivity index (χ3n) is 3.47. The van der Waals surface area contributed by atoms with Gasteiger partial charge < -0.3 is 15.8 Å². The maximum Gasteiger partial charge on any atom is 0.252 e. The number of primary amides is 1. The van der Waals surface area contributed by atoms with Crippen molar-refractivity contribution >= 4 is 11.6 Å². The van der Waals surface area contributed by atoms with Crippen LogP contribution >= 0.6 is 0 Å². The number of benzene rings is 1. The smallest absolute Gasteiger partial charge is 0.252 e. The molecule has 2 rings (SSSR count). The predicted molar refractivity (Wildman–Crippen MR) is 91.9 cm³/mol. The predicted octanol–water partition coefficient (Wildman–Crippen LogP) is 2.97. The number of nitrogens with two attached hydrogens (primary N) is 1. The Balaban J connectivity index is 1.90. The van der Waals surface area contributed by atoms with Gasteiger partial charge in [0.2, 0.25) is 0 Å². The minimum Gasteiger partial charge on any atom is -0.492 e. The zero-order chi connectivity index (χ0) is 16.9. The number of carbonyl (C=O) groups excluding carboxylic acids is 1. The van der Waals surface area contributed by atoms with Crippen LogP contribution in [-0.2, 0) is 5.41 Å². The third kappa shape index (κ3) is 4.71. The van der Waals surface area contributed by atoms with E-state index in [-0.39, 0.29) is 5.41 Å². The first-order valence-corrected chi connectivity index (χ1v) is 7.59. The highest BCUT2D eigenvalue weighted by molar-refractivity contribution is 5.98. The lowest BCUT2D eigenvalue weighted by molar-refractivity contribution is 0.100. The van der Waals surface area contributed by atoms with Crippen LogP contribution in [0.4, 0.5) is 5.69 Å². The number of hydrogen-bond donors (Lipinski definition) is 2. The first-order chi connectivity index (χ1) is 10.9. The number of pyridine rings is 1. The summed E-state index contributed by atoms with van der Waals surface area (Å²) in [4.78, 5) is 15.2. The minimum absolute atomic E-state index is 0.0883. The molecule has 0 atom stereocenters. The van der Waals surface area contributed by atoms with Crippen LogP contribution in [0.3, 0.4) is 0 Å². The number of ether oxygens (including phenoxy) is 1. The van der Waals surface area contributed by atoms with Gasteiger partial charge in [-0.3, -0.25) is 9.78 Å². The fourth-order valence-electron chi connectivity index (χ4n) is 2.15. The molecule has 0 aliphatic rings. The molecule has 0 saturated carbocycles. The fourth-order valence-corrected chi connectivity index (χ4v) is 2.15. The second-order valence-corrected chi connectivity index (χ2v) is 6.34. The van der Waals surface area contributed by atoms with Crippen molar-refractivity contribution in [3.8, 4) is 5.75 Å². The molecule has 0 bridgehead atoms. The Labute approximate surface area is 136 Å². The minimum atomic E-state index is -0.501. The standard InChI is InChI=1S/C18H23N3O2/c1-18(2,3)13-5-4-6-14(11-13)23-10-9-21-16-7-8-20-12-15(16)17(19)22/h4-8,11-12H,9-10H2,1-3H3,(H2,19,22)(H,20,21). The van der Waals surface area contributed by atoms with E-state index in [0.29, 0.717) is 24.4 Å². The highest BCUT2D eigenvalue weighted by atomic mass is 16.5. The monoisotopic (exact) mass is 313 g/mol. The molecule has 122 valence electrons. The fraction of sp³-hybridized carbons (Fsp3) is 0.333. The second-order valence-electron chi connectivity index (χ2n) is 6.34. The SMILES string of the molecule is CC(C)(C)c1cccc(OCCNc2ccncc2C(N)=O)c1. The number of amides is 1. The highest BCUT2D eigenvalue weighted by Crippen LogP contribution is 2.25. The van der Waals surface area contributed by atoms with Gasteiger partial charge in [-0.05, 0) is 29.2 Å². The lowest BCUT2D eigenvalue weighted by Crippen LogP contribution is -2.17. The van der Waals surface area contributed by atoms with E-state index in [2.05, 4.69) is 43.2 Å². The summed E-state index contributed by atoms with van der Waals surface area (Å²) in [5, 5.41) is 3.14. The Bertz CT molecular complexity index is 678. The molecule has 0 spiro atoms. The molecule has 0 saturated heterocycles.